The van der Waals surface area contributed by atoms with Crippen molar-refractivity contribution in [3.8, 4) is 0 Å². The Labute approximate surface area is 114 Å². The molecule has 0 bridgehead atoms. The molecule has 98 valence electrons. The standard InChI is InChI=1S/C11H13NO4S2/c1-18-8-2-6(13)5(10(8)15)4-12-9(14)3-7(17)11(12)16/h5,7-8,17H,2-4H2,1H3. The molecule has 1 aliphatic carbocycles. The summed E-state index contributed by atoms with van der Waals surface area (Å²) < 4.78 is 0. The molecule has 0 aromatic carbocycles. The highest BCUT2D eigenvalue weighted by Crippen LogP contribution is 2.29. The monoisotopic (exact) mass is 287 g/mol. The number of thiol groups is 1. The molecular weight excluding hydrogens is 274 g/mol. The van der Waals surface area contributed by atoms with E-state index in [1.165, 1.54) is 11.8 Å². The number of ketones is 2. The minimum absolute atomic E-state index is 0.0446. The molecule has 7 heteroatoms. The molecule has 1 aliphatic heterocycles. The fraction of sp³-hybridized carbons (Fsp3) is 0.636. The molecule has 0 N–H and O–H groups in total. The summed E-state index contributed by atoms with van der Waals surface area (Å²) in [6.07, 6.45) is 2.02. The lowest BCUT2D eigenvalue weighted by Gasteiger charge is -2.17. The average molecular weight is 287 g/mol. The summed E-state index contributed by atoms with van der Waals surface area (Å²) in [6, 6.07) is 0. The maximum absolute atomic E-state index is 11.9. The predicted octanol–water partition coefficient (Wildman–Crippen LogP) is -0.0666. The number of thioether (sulfide) groups is 1. The topological polar surface area (TPSA) is 71.5 Å². The fourth-order valence-electron chi connectivity index (χ4n) is 2.24. The molecule has 1 heterocycles. The Morgan fingerprint density at radius 2 is 1.94 bits per heavy atom. The van der Waals surface area contributed by atoms with Crippen molar-refractivity contribution in [2.45, 2.75) is 23.3 Å². The Morgan fingerprint density at radius 3 is 2.39 bits per heavy atom. The van der Waals surface area contributed by atoms with E-state index < -0.39 is 17.1 Å². The second-order valence-corrected chi connectivity index (χ2v) is 6.08. The minimum Gasteiger partial charge on any atom is -0.299 e. The Kier molecular flexibility index (Phi) is 3.82. The quantitative estimate of drug-likeness (QED) is 0.447. The van der Waals surface area contributed by atoms with Crippen LogP contribution in [0.1, 0.15) is 12.8 Å². The number of rotatable bonds is 3. The molecule has 5 nitrogen and oxygen atoms in total. The van der Waals surface area contributed by atoms with Crippen molar-refractivity contribution in [2.24, 2.45) is 5.92 Å². The minimum atomic E-state index is -0.839. The summed E-state index contributed by atoms with van der Waals surface area (Å²) in [6.45, 7) is -0.108. The highest BCUT2D eigenvalue weighted by Gasteiger charge is 2.45. The van der Waals surface area contributed by atoms with Gasteiger partial charge in [0.15, 0.2) is 5.78 Å². The van der Waals surface area contributed by atoms with E-state index in [1.807, 2.05) is 0 Å². The molecule has 1 saturated heterocycles. The number of hydrogen-bond donors (Lipinski definition) is 1. The normalized spacial score (nSPS) is 32.8. The van der Waals surface area contributed by atoms with Crippen LogP contribution in [0.5, 0.6) is 0 Å². The molecule has 3 atom stereocenters. The van der Waals surface area contributed by atoms with Crippen LogP contribution in [-0.2, 0) is 19.2 Å². The number of carbonyl (C=O) groups is 4. The van der Waals surface area contributed by atoms with Gasteiger partial charge in [0.05, 0.1) is 16.4 Å². The number of likely N-dealkylation sites (tertiary alicyclic amines) is 1. The van der Waals surface area contributed by atoms with E-state index in [4.69, 9.17) is 0 Å². The smallest absolute Gasteiger partial charge is 0.242 e. The Balaban J connectivity index is 2.10. The first-order chi connectivity index (χ1) is 8.45. The van der Waals surface area contributed by atoms with Gasteiger partial charge >= 0.3 is 0 Å². The number of amides is 2. The van der Waals surface area contributed by atoms with Crippen LogP contribution >= 0.6 is 24.4 Å². The van der Waals surface area contributed by atoms with Gasteiger partial charge in [-0.05, 0) is 6.26 Å². The lowest BCUT2D eigenvalue weighted by Crippen LogP contribution is -2.39. The molecule has 0 radical (unpaired) electrons. The number of hydrogen-bond acceptors (Lipinski definition) is 6. The van der Waals surface area contributed by atoms with Gasteiger partial charge in [-0.1, -0.05) is 0 Å². The molecule has 0 aromatic rings. The van der Waals surface area contributed by atoms with Crippen LogP contribution in [0, 0.1) is 5.92 Å². The molecule has 1 saturated carbocycles. The largest absolute Gasteiger partial charge is 0.299 e. The lowest BCUT2D eigenvalue weighted by molar-refractivity contribution is -0.140. The summed E-state index contributed by atoms with van der Waals surface area (Å²) >= 11 is 5.33. The number of Topliss-reactive ketones (excluding diaryl/α,β-unsaturated/α-hetero) is 2. The first kappa shape index (κ1) is 13.6. The van der Waals surface area contributed by atoms with E-state index in [9.17, 15) is 19.2 Å². The number of nitrogens with zero attached hydrogens (tertiary/aromatic N) is 1. The molecule has 2 aliphatic rings. The molecule has 0 aromatic heterocycles. The Bertz CT molecular complexity index is 437. The zero-order valence-electron chi connectivity index (χ0n) is 9.79. The van der Waals surface area contributed by atoms with Gasteiger partial charge in [0.25, 0.3) is 0 Å². The van der Waals surface area contributed by atoms with Crippen LogP contribution in [0.15, 0.2) is 0 Å². The van der Waals surface area contributed by atoms with Gasteiger partial charge in [-0.15, -0.1) is 0 Å². The fourth-order valence-corrected chi connectivity index (χ4v) is 3.26. The van der Waals surface area contributed by atoms with E-state index in [-0.39, 0.29) is 42.1 Å². The molecule has 3 unspecified atom stereocenters. The van der Waals surface area contributed by atoms with E-state index in [0.29, 0.717) is 0 Å². The Morgan fingerprint density at radius 1 is 1.28 bits per heavy atom. The molecular formula is C11H13NO4S2. The van der Waals surface area contributed by atoms with E-state index in [0.717, 1.165) is 4.90 Å². The van der Waals surface area contributed by atoms with Crippen LogP contribution in [0.2, 0.25) is 0 Å². The van der Waals surface area contributed by atoms with Crippen molar-refractivity contribution in [3.63, 3.8) is 0 Å². The van der Waals surface area contributed by atoms with Gasteiger partial charge in [-0.2, -0.15) is 24.4 Å². The molecule has 2 rings (SSSR count). The van der Waals surface area contributed by atoms with Crippen molar-refractivity contribution in [1.29, 1.82) is 0 Å². The number of imide groups is 1. The zero-order chi connectivity index (χ0) is 13.4. The third kappa shape index (κ3) is 2.21. The highest BCUT2D eigenvalue weighted by atomic mass is 32.2. The summed E-state index contributed by atoms with van der Waals surface area (Å²) in [4.78, 5) is 47.9. The summed E-state index contributed by atoms with van der Waals surface area (Å²) in [5, 5.41) is -0.970. The summed E-state index contributed by atoms with van der Waals surface area (Å²) in [5.74, 6) is -1.95. The molecule has 18 heavy (non-hydrogen) atoms. The third-order valence-corrected chi connectivity index (χ3v) is 4.68. The van der Waals surface area contributed by atoms with Crippen LogP contribution in [0.25, 0.3) is 0 Å². The van der Waals surface area contributed by atoms with Gasteiger partial charge < -0.3 is 0 Å². The second kappa shape index (κ2) is 5.05. The third-order valence-electron chi connectivity index (χ3n) is 3.31. The molecule has 2 amide bonds. The molecule has 2 fully saturated rings. The van der Waals surface area contributed by atoms with Gasteiger partial charge in [0.2, 0.25) is 11.8 Å². The first-order valence-electron chi connectivity index (χ1n) is 5.57. The summed E-state index contributed by atoms with van der Waals surface area (Å²) in [5.41, 5.74) is 0. The van der Waals surface area contributed by atoms with Crippen molar-refractivity contribution in [3.05, 3.63) is 0 Å². The average Bonchev–Trinajstić information content (AvgIpc) is 2.72. The number of carbonyl (C=O) groups excluding carboxylic acids is 4. The lowest BCUT2D eigenvalue weighted by atomic mass is 10.1. The summed E-state index contributed by atoms with van der Waals surface area (Å²) in [7, 11) is 0. The highest BCUT2D eigenvalue weighted by molar-refractivity contribution is 8.00. The van der Waals surface area contributed by atoms with Crippen molar-refractivity contribution in [1.82, 2.24) is 4.90 Å². The maximum atomic E-state index is 11.9. The van der Waals surface area contributed by atoms with Crippen LogP contribution in [0.3, 0.4) is 0 Å². The van der Waals surface area contributed by atoms with E-state index in [2.05, 4.69) is 12.6 Å². The van der Waals surface area contributed by atoms with Gasteiger partial charge in [-0.25, -0.2) is 0 Å². The van der Waals surface area contributed by atoms with Crippen LogP contribution < -0.4 is 0 Å². The SMILES string of the molecule is CSC1CC(=O)C(CN2C(=O)CC(S)C2=O)C1=O. The predicted molar refractivity (Wildman–Crippen MR) is 69.5 cm³/mol. The molecule has 0 spiro atoms. The maximum Gasteiger partial charge on any atom is 0.242 e. The van der Waals surface area contributed by atoms with Gasteiger partial charge in [-0.3, -0.25) is 24.1 Å². The van der Waals surface area contributed by atoms with Gasteiger partial charge in [0, 0.05) is 19.4 Å². The Hall–Kier alpha value is -0.820. The van der Waals surface area contributed by atoms with Crippen LogP contribution in [0.4, 0.5) is 0 Å². The second-order valence-electron chi connectivity index (χ2n) is 4.41. The van der Waals surface area contributed by atoms with Crippen molar-refractivity contribution < 1.29 is 19.2 Å². The first-order valence-corrected chi connectivity index (χ1v) is 7.37. The van der Waals surface area contributed by atoms with Crippen LogP contribution in [-0.4, -0.2) is 51.6 Å². The van der Waals surface area contributed by atoms with Crippen molar-refractivity contribution in [2.75, 3.05) is 12.8 Å². The van der Waals surface area contributed by atoms with Gasteiger partial charge in [0.1, 0.15) is 5.78 Å². The zero-order valence-corrected chi connectivity index (χ0v) is 11.5. The van der Waals surface area contributed by atoms with E-state index in [1.54, 1.807) is 6.26 Å². The van der Waals surface area contributed by atoms with E-state index >= 15 is 0 Å². The van der Waals surface area contributed by atoms with Crippen molar-refractivity contribution >= 4 is 47.8 Å².